The van der Waals surface area contributed by atoms with E-state index in [0.29, 0.717) is 31.9 Å². The number of rotatable bonds is 4. The normalized spacial score (nSPS) is 27.0. The van der Waals surface area contributed by atoms with Crippen LogP contribution in [0.2, 0.25) is 0 Å². The molecule has 0 N–H and O–H groups in total. The fraction of sp³-hybridized carbons (Fsp3) is 0.519. The molecule has 200 valence electrons. The number of amides is 1. The van der Waals surface area contributed by atoms with E-state index in [-0.39, 0.29) is 48.5 Å². The molecule has 0 spiro atoms. The Morgan fingerprint density at radius 3 is 2.32 bits per heavy atom. The van der Waals surface area contributed by atoms with Crippen LogP contribution in [0.3, 0.4) is 0 Å². The smallest absolute Gasteiger partial charge is 0.338 e. The van der Waals surface area contributed by atoms with Crippen LogP contribution in [0.4, 0.5) is 22.0 Å². The summed E-state index contributed by atoms with van der Waals surface area (Å²) in [5.41, 5.74) is -2.44. The summed E-state index contributed by atoms with van der Waals surface area (Å²) in [6.45, 7) is 0.935. The molecule has 1 amide bonds. The van der Waals surface area contributed by atoms with E-state index < -0.39 is 38.6 Å². The number of likely N-dealkylation sites (tertiary alicyclic amines) is 1. The van der Waals surface area contributed by atoms with Gasteiger partial charge in [-0.3, -0.25) is 4.79 Å². The molecule has 0 saturated carbocycles. The molecule has 3 unspecified atom stereocenters. The van der Waals surface area contributed by atoms with Crippen molar-refractivity contribution in [1.29, 1.82) is 0 Å². The van der Waals surface area contributed by atoms with Crippen LogP contribution in [0.25, 0.3) is 0 Å². The lowest BCUT2D eigenvalue weighted by Gasteiger charge is -2.35. The minimum Gasteiger partial charge on any atom is -0.338 e. The van der Waals surface area contributed by atoms with E-state index in [1.54, 1.807) is 23.1 Å². The lowest BCUT2D eigenvalue weighted by molar-refractivity contribution is -0.228. The van der Waals surface area contributed by atoms with Crippen molar-refractivity contribution in [2.45, 2.75) is 62.3 Å². The number of halogens is 5. The Balaban J connectivity index is 1.52. The Bertz CT molecular complexity index is 1310. The summed E-state index contributed by atoms with van der Waals surface area (Å²) < 4.78 is 92.4. The lowest BCUT2D eigenvalue weighted by atomic mass is 9.73. The zero-order chi connectivity index (χ0) is 26.8. The standard InChI is InChI=1S/C27H28F5NO3S/c1-25(29,27(30,31)32)20-4-7-22-19(14-20)15-23-26(22,16-17-2-5-21(28)6-3-17)10-11-33(23)24(34)18-8-12-37(35,36)13-9-18/h2-7,14,18,23H,8-13,15-16H2,1H3. The van der Waals surface area contributed by atoms with Gasteiger partial charge in [-0.05, 0) is 73.4 Å². The molecule has 2 heterocycles. The fourth-order valence-corrected chi connectivity index (χ4v) is 7.87. The average molecular weight is 542 g/mol. The number of carbonyl (C=O) groups is 1. The van der Waals surface area contributed by atoms with Crippen molar-refractivity contribution in [3.05, 3.63) is 70.5 Å². The molecule has 2 aromatic carbocycles. The van der Waals surface area contributed by atoms with E-state index in [0.717, 1.165) is 11.1 Å². The van der Waals surface area contributed by atoms with Gasteiger partial charge in [0.1, 0.15) is 15.7 Å². The molecule has 0 aromatic heterocycles. The van der Waals surface area contributed by atoms with Crippen LogP contribution in [0.1, 0.15) is 48.4 Å². The number of alkyl halides is 4. The van der Waals surface area contributed by atoms with E-state index in [4.69, 9.17) is 0 Å². The molecule has 2 fully saturated rings. The van der Waals surface area contributed by atoms with Crippen molar-refractivity contribution in [3.8, 4) is 0 Å². The highest BCUT2D eigenvalue weighted by atomic mass is 32.2. The lowest BCUT2D eigenvalue weighted by Crippen LogP contribution is -2.47. The number of benzene rings is 2. The van der Waals surface area contributed by atoms with Gasteiger partial charge in [0.2, 0.25) is 11.6 Å². The Morgan fingerprint density at radius 2 is 1.70 bits per heavy atom. The third-order valence-corrected chi connectivity index (χ3v) is 10.3. The molecule has 10 heteroatoms. The molecule has 4 nitrogen and oxygen atoms in total. The molecule has 2 aromatic rings. The predicted octanol–water partition coefficient (Wildman–Crippen LogP) is 5.04. The molecule has 37 heavy (non-hydrogen) atoms. The highest BCUT2D eigenvalue weighted by Gasteiger charge is 2.57. The third kappa shape index (κ3) is 4.45. The van der Waals surface area contributed by atoms with E-state index >= 15 is 0 Å². The van der Waals surface area contributed by atoms with Crippen LogP contribution in [-0.2, 0) is 38.6 Å². The zero-order valence-corrected chi connectivity index (χ0v) is 21.1. The maximum Gasteiger partial charge on any atom is 0.426 e. The molecule has 5 rings (SSSR count). The quantitative estimate of drug-likeness (QED) is 0.510. The number of sulfone groups is 1. The second-order valence-corrected chi connectivity index (χ2v) is 13.1. The van der Waals surface area contributed by atoms with E-state index in [9.17, 15) is 35.2 Å². The highest BCUT2D eigenvalue weighted by molar-refractivity contribution is 7.91. The van der Waals surface area contributed by atoms with Crippen LogP contribution >= 0.6 is 0 Å². The topological polar surface area (TPSA) is 54.5 Å². The molecular weight excluding hydrogens is 513 g/mol. The van der Waals surface area contributed by atoms with Crippen LogP contribution in [0, 0.1) is 11.7 Å². The Kier molecular flexibility index (Phi) is 6.20. The van der Waals surface area contributed by atoms with Gasteiger partial charge in [0.15, 0.2) is 0 Å². The molecule has 3 atom stereocenters. The van der Waals surface area contributed by atoms with E-state index in [1.165, 1.54) is 24.3 Å². The second kappa shape index (κ2) is 8.78. The first-order valence-corrected chi connectivity index (χ1v) is 14.2. The highest BCUT2D eigenvalue weighted by Crippen LogP contribution is 2.52. The van der Waals surface area contributed by atoms with Gasteiger partial charge in [-0.1, -0.05) is 30.3 Å². The van der Waals surface area contributed by atoms with Gasteiger partial charge in [0, 0.05) is 23.9 Å². The second-order valence-electron chi connectivity index (χ2n) is 10.8. The minimum atomic E-state index is -5.08. The first-order valence-electron chi connectivity index (χ1n) is 12.4. The van der Waals surface area contributed by atoms with Crippen molar-refractivity contribution in [2.75, 3.05) is 18.1 Å². The largest absolute Gasteiger partial charge is 0.426 e. The van der Waals surface area contributed by atoms with Gasteiger partial charge in [0.25, 0.3) is 0 Å². The molecule has 0 radical (unpaired) electrons. The van der Waals surface area contributed by atoms with Gasteiger partial charge < -0.3 is 4.90 Å². The Hall–Kier alpha value is -2.49. The SMILES string of the molecule is CC(F)(c1ccc2c(c1)CC1N(C(=O)C3CCS(=O)(=O)CC3)CCC21Cc1ccc(F)cc1)C(F)(F)F. The maximum absolute atomic E-state index is 14.8. The van der Waals surface area contributed by atoms with Gasteiger partial charge >= 0.3 is 6.18 Å². The summed E-state index contributed by atoms with van der Waals surface area (Å²) in [5, 5.41) is 0. The number of carbonyl (C=O) groups excluding carboxylic acids is 1. The molecule has 0 bridgehead atoms. The number of hydrogen-bond donors (Lipinski definition) is 0. The zero-order valence-electron chi connectivity index (χ0n) is 20.3. The van der Waals surface area contributed by atoms with Gasteiger partial charge in [0.05, 0.1) is 11.5 Å². The van der Waals surface area contributed by atoms with Gasteiger partial charge in [-0.2, -0.15) is 13.2 Å². The molecular formula is C27H28F5NO3S. The molecule has 3 aliphatic rings. The Labute approximate surface area is 212 Å². The Morgan fingerprint density at radius 1 is 1.05 bits per heavy atom. The van der Waals surface area contributed by atoms with Crippen molar-refractivity contribution in [1.82, 2.24) is 4.90 Å². The van der Waals surface area contributed by atoms with Crippen molar-refractivity contribution < 1.29 is 35.2 Å². The van der Waals surface area contributed by atoms with Crippen LogP contribution in [-0.4, -0.2) is 49.5 Å². The summed E-state index contributed by atoms with van der Waals surface area (Å²) in [5.74, 6) is -1.04. The monoisotopic (exact) mass is 541 g/mol. The number of nitrogens with zero attached hydrogens (tertiary/aromatic N) is 1. The minimum absolute atomic E-state index is 0.0429. The number of fused-ring (bicyclic) bond motifs is 3. The van der Waals surface area contributed by atoms with Crippen LogP contribution in [0.15, 0.2) is 42.5 Å². The first-order chi connectivity index (χ1) is 17.2. The summed E-state index contributed by atoms with van der Waals surface area (Å²) in [6.07, 6.45) is -3.32. The summed E-state index contributed by atoms with van der Waals surface area (Å²) in [4.78, 5) is 15.3. The van der Waals surface area contributed by atoms with E-state index in [1.807, 2.05) is 0 Å². The van der Waals surface area contributed by atoms with Crippen molar-refractivity contribution >= 4 is 15.7 Å². The summed E-state index contributed by atoms with van der Waals surface area (Å²) in [7, 11) is -3.15. The predicted molar refractivity (Wildman–Crippen MR) is 128 cm³/mol. The molecule has 2 saturated heterocycles. The summed E-state index contributed by atoms with van der Waals surface area (Å²) >= 11 is 0. The maximum atomic E-state index is 14.8. The van der Waals surface area contributed by atoms with E-state index in [2.05, 4.69) is 0 Å². The molecule has 1 aliphatic carbocycles. The fourth-order valence-electron chi connectivity index (χ4n) is 6.38. The first kappa shape index (κ1) is 26.1. The average Bonchev–Trinajstić information content (AvgIpc) is 3.32. The van der Waals surface area contributed by atoms with Gasteiger partial charge in [-0.15, -0.1) is 0 Å². The van der Waals surface area contributed by atoms with Crippen LogP contribution in [0.5, 0.6) is 0 Å². The van der Waals surface area contributed by atoms with Crippen molar-refractivity contribution in [2.24, 2.45) is 5.92 Å². The van der Waals surface area contributed by atoms with Crippen LogP contribution < -0.4 is 0 Å². The molecule has 2 aliphatic heterocycles. The number of hydrogen-bond acceptors (Lipinski definition) is 3. The summed E-state index contributed by atoms with van der Waals surface area (Å²) in [6, 6.07) is 9.64. The third-order valence-electron chi connectivity index (χ3n) is 8.56. The van der Waals surface area contributed by atoms with Gasteiger partial charge in [-0.25, -0.2) is 17.2 Å². The van der Waals surface area contributed by atoms with Crippen molar-refractivity contribution in [3.63, 3.8) is 0 Å².